The minimum absolute atomic E-state index is 0.621. The van der Waals surface area contributed by atoms with Crippen LogP contribution in [-0.2, 0) is 6.54 Å². The molecule has 0 radical (unpaired) electrons. The summed E-state index contributed by atoms with van der Waals surface area (Å²) in [6.45, 7) is 0.707. The lowest BCUT2D eigenvalue weighted by Crippen LogP contribution is -2.00. The van der Waals surface area contributed by atoms with Crippen LogP contribution in [0.2, 0.25) is 0 Å². The Labute approximate surface area is 122 Å². The molecule has 0 aliphatic carbocycles. The summed E-state index contributed by atoms with van der Waals surface area (Å²) in [7, 11) is 1.61. The predicted octanol–water partition coefficient (Wildman–Crippen LogP) is 3.36. The quantitative estimate of drug-likeness (QED) is 0.777. The number of hydrogen-bond donors (Lipinski definition) is 1. The van der Waals surface area contributed by atoms with Gasteiger partial charge in [0.05, 0.1) is 13.3 Å². The van der Waals surface area contributed by atoms with Crippen LogP contribution in [0.4, 0.5) is 5.69 Å². The molecular weight excluding hydrogens is 266 g/mol. The topological polar surface area (TPSA) is 60.2 Å². The van der Waals surface area contributed by atoms with Gasteiger partial charge in [0.1, 0.15) is 0 Å². The van der Waals surface area contributed by atoms with Gasteiger partial charge >= 0.3 is 0 Å². The van der Waals surface area contributed by atoms with Gasteiger partial charge < -0.3 is 14.5 Å². The normalized spacial score (nSPS) is 10.3. The SMILES string of the molecule is COc1ccc(CNc2ccc(-c3cnco3)cc2)cn1. The van der Waals surface area contributed by atoms with Crippen molar-refractivity contribution in [2.75, 3.05) is 12.4 Å². The van der Waals surface area contributed by atoms with Crippen LogP contribution in [0.25, 0.3) is 11.3 Å². The van der Waals surface area contributed by atoms with Gasteiger partial charge in [-0.05, 0) is 29.8 Å². The van der Waals surface area contributed by atoms with Gasteiger partial charge in [0.25, 0.3) is 0 Å². The molecule has 0 fully saturated rings. The summed E-state index contributed by atoms with van der Waals surface area (Å²) in [5.74, 6) is 1.39. The Hall–Kier alpha value is -2.82. The fraction of sp³-hybridized carbons (Fsp3) is 0.125. The Morgan fingerprint density at radius 2 is 1.95 bits per heavy atom. The van der Waals surface area contributed by atoms with Gasteiger partial charge in [-0.15, -0.1) is 0 Å². The summed E-state index contributed by atoms with van der Waals surface area (Å²) >= 11 is 0. The molecule has 3 aromatic rings. The summed E-state index contributed by atoms with van der Waals surface area (Å²) < 4.78 is 10.3. The molecule has 0 amide bonds. The van der Waals surface area contributed by atoms with E-state index < -0.39 is 0 Å². The van der Waals surface area contributed by atoms with E-state index in [1.807, 2.05) is 36.4 Å². The molecule has 2 heterocycles. The van der Waals surface area contributed by atoms with Crippen molar-refractivity contribution in [2.24, 2.45) is 0 Å². The maximum absolute atomic E-state index is 5.26. The summed E-state index contributed by atoms with van der Waals surface area (Å²) in [6, 6.07) is 11.8. The van der Waals surface area contributed by atoms with Crippen molar-refractivity contribution in [1.82, 2.24) is 9.97 Å². The van der Waals surface area contributed by atoms with Gasteiger partial charge in [-0.1, -0.05) is 6.07 Å². The lowest BCUT2D eigenvalue weighted by molar-refractivity contribution is 0.397. The van der Waals surface area contributed by atoms with Crippen LogP contribution in [0.3, 0.4) is 0 Å². The Balaban J connectivity index is 1.62. The first-order valence-corrected chi connectivity index (χ1v) is 6.57. The number of methoxy groups -OCH3 is 1. The number of rotatable bonds is 5. The average Bonchev–Trinajstić information content (AvgIpc) is 3.08. The highest BCUT2D eigenvalue weighted by Crippen LogP contribution is 2.21. The highest BCUT2D eigenvalue weighted by molar-refractivity contribution is 5.60. The second-order valence-corrected chi connectivity index (χ2v) is 4.51. The Morgan fingerprint density at radius 1 is 1.10 bits per heavy atom. The van der Waals surface area contributed by atoms with Gasteiger partial charge in [-0.25, -0.2) is 9.97 Å². The van der Waals surface area contributed by atoms with Crippen LogP contribution >= 0.6 is 0 Å². The molecule has 5 heteroatoms. The number of aromatic nitrogens is 2. The van der Waals surface area contributed by atoms with E-state index in [-0.39, 0.29) is 0 Å². The zero-order valence-electron chi connectivity index (χ0n) is 11.6. The molecule has 106 valence electrons. The van der Waals surface area contributed by atoms with Crippen LogP contribution in [0.15, 0.2) is 59.6 Å². The van der Waals surface area contributed by atoms with E-state index in [4.69, 9.17) is 9.15 Å². The third-order valence-electron chi connectivity index (χ3n) is 3.11. The molecule has 0 bridgehead atoms. The van der Waals surface area contributed by atoms with Gasteiger partial charge in [-0.3, -0.25) is 0 Å². The van der Waals surface area contributed by atoms with Crippen LogP contribution in [0.1, 0.15) is 5.56 Å². The standard InChI is InChI=1S/C16H15N3O2/c1-20-16-7-2-12(9-19-16)8-18-14-5-3-13(4-6-14)15-10-17-11-21-15/h2-7,9-11,18H,8H2,1H3. The van der Waals surface area contributed by atoms with Crippen molar-refractivity contribution in [3.8, 4) is 17.2 Å². The largest absolute Gasteiger partial charge is 0.481 e. The first-order chi connectivity index (χ1) is 10.3. The number of hydrogen-bond acceptors (Lipinski definition) is 5. The van der Waals surface area contributed by atoms with Crippen molar-refractivity contribution in [3.05, 3.63) is 60.7 Å². The lowest BCUT2D eigenvalue weighted by Gasteiger charge is -2.07. The van der Waals surface area contributed by atoms with Crippen LogP contribution < -0.4 is 10.1 Å². The van der Waals surface area contributed by atoms with Gasteiger partial charge in [0.2, 0.25) is 5.88 Å². The summed E-state index contributed by atoms with van der Waals surface area (Å²) in [4.78, 5) is 8.09. The third-order valence-corrected chi connectivity index (χ3v) is 3.11. The third kappa shape index (κ3) is 3.20. The molecule has 0 atom stereocenters. The summed E-state index contributed by atoms with van der Waals surface area (Å²) in [5.41, 5.74) is 3.13. The van der Waals surface area contributed by atoms with E-state index in [0.29, 0.717) is 12.4 Å². The van der Waals surface area contributed by atoms with Crippen molar-refractivity contribution in [3.63, 3.8) is 0 Å². The van der Waals surface area contributed by atoms with Crippen molar-refractivity contribution in [2.45, 2.75) is 6.54 Å². The highest BCUT2D eigenvalue weighted by atomic mass is 16.5. The van der Waals surface area contributed by atoms with E-state index >= 15 is 0 Å². The highest BCUT2D eigenvalue weighted by Gasteiger charge is 2.01. The van der Waals surface area contributed by atoms with Crippen molar-refractivity contribution >= 4 is 5.69 Å². The lowest BCUT2D eigenvalue weighted by atomic mass is 10.1. The molecule has 3 rings (SSSR count). The van der Waals surface area contributed by atoms with E-state index in [1.165, 1.54) is 6.39 Å². The van der Waals surface area contributed by atoms with Crippen LogP contribution in [0.5, 0.6) is 5.88 Å². The number of benzene rings is 1. The van der Waals surface area contributed by atoms with Gasteiger partial charge in [-0.2, -0.15) is 0 Å². The zero-order valence-corrected chi connectivity index (χ0v) is 11.6. The van der Waals surface area contributed by atoms with Crippen LogP contribution in [-0.4, -0.2) is 17.1 Å². The maximum Gasteiger partial charge on any atom is 0.212 e. The minimum atomic E-state index is 0.621. The molecular formula is C16H15N3O2. The molecule has 0 saturated heterocycles. The monoisotopic (exact) mass is 281 g/mol. The van der Waals surface area contributed by atoms with E-state index in [1.54, 1.807) is 19.5 Å². The average molecular weight is 281 g/mol. The second-order valence-electron chi connectivity index (χ2n) is 4.51. The predicted molar refractivity (Wildman–Crippen MR) is 80.1 cm³/mol. The van der Waals surface area contributed by atoms with Crippen molar-refractivity contribution < 1.29 is 9.15 Å². The van der Waals surface area contributed by atoms with Crippen LogP contribution in [0, 0.1) is 0 Å². The Kier molecular flexibility index (Phi) is 3.82. The molecule has 1 N–H and O–H groups in total. The van der Waals surface area contributed by atoms with E-state index in [9.17, 15) is 0 Å². The summed E-state index contributed by atoms with van der Waals surface area (Å²) in [6.07, 6.45) is 4.93. The molecule has 0 aliphatic heterocycles. The number of oxazole rings is 1. The Morgan fingerprint density at radius 3 is 2.57 bits per heavy atom. The molecule has 0 unspecified atom stereocenters. The molecule has 21 heavy (non-hydrogen) atoms. The fourth-order valence-corrected chi connectivity index (χ4v) is 1.95. The van der Waals surface area contributed by atoms with Gasteiger partial charge in [0, 0.05) is 30.1 Å². The summed E-state index contributed by atoms with van der Waals surface area (Å²) in [5, 5.41) is 3.34. The van der Waals surface area contributed by atoms with E-state index in [0.717, 1.165) is 22.6 Å². The minimum Gasteiger partial charge on any atom is -0.481 e. The van der Waals surface area contributed by atoms with E-state index in [2.05, 4.69) is 15.3 Å². The number of nitrogens with zero attached hydrogens (tertiary/aromatic N) is 2. The fourth-order valence-electron chi connectivity index (χ4n) is 1.95. The number of anilines is 1. The number of nitrogens with one attached hydrogen (secondary N) is 1. The van der Waals surface area contributed by atoms with Gasteiger partial charge in [0.15, 0.2) is 12.2 Å². The molecule has 5 nitrogen and oxygen atoms in total. The Bertz CT molecular complexity index is 677. The number of ether oxygens (including phenoxy) is 1. The second kappa shape index (κ2) is 6.09. The molecule has 0 saturated carbocycles. The molecule has 1 aromatic carbocycles. The number of pyridine rings is 1. The molecule has 0 spiro atoms. The molecule has 2 aromatic heterocycles. The zero-order chi connectivity index (χ0) is 14.5. The van der Waals surface area contributed by atoms with Crippen molar-refractivity contribution in [1.29, 1.82) is 0 Å². The molecule has 0 aliphatic rings. The maximum atomic E-state index is 5.26. The smallest absolute Gasteiger partial charge is 0.212 e. The first-order valence-electron chi connectivity index (χ1n) is 6.57. The first kappa shape index (κ1) is 13.2.